The lowest BCUT2D eigenvalue weighted by molar-refractivity contribution is 0.0696. The highest BCUT2D eigenvalue weighted by Crippen LogP contribution is 2.26. The van der Waals surface area contributed by atoms with Gasteiger partial charge in [-0.1, -0.05) is 17.7 Å². The Morgan fingerprint density at radius 2 is 2.09 bits per heavy atom. The minimum atomic E-state index is -0.901. The van der Waals surface area contributed by atoms with Gasteiger partial charge in [0, 0.05) is 11.7 Å². The van der Waals surface area contributed by atoms with Crippen molar-refractivity contribution >= 4 is 23.3 Å². The highest BCUT2D eigenvalue weighted by Gasteiger charge is 2.20. The molecule has 0 heterocycles. The number of halogens is 1. The molecule has 1 aliphatic carbocycles. The third-order valence-corrected chi connectivity index (χ3v) is 4.45. The van der Waals surface area contributed by atoms with E-state index in [1.54, 1.807) is 24.3 Å². The highest BCUT2D eigenvalue weighted by atomic mass is 35.5. The number of fused-ring (bicyclic) bond motifs is 1. The molecule has 5 heteroatoms. The average molecular weight is 327 g/mol. The summed E-state index contributed by atoms with van der Waals surface area (Å²) in [6.07, 6.45) is 2.65. The minimum absolute atomic E-state index is 0.218. The lowest BCUT2D eigenvalue weighted by atomic mass is 9.87. The first-order chi connectivity index (χ1) is 11.1. The number of rotatable bonds is 3. The number of carbonyl (C=O) groups is 1. The predicted molar refractivity (Wildman–Crippen MR) is 89.0 cm³/mol. The summed E-state index contributed by atoms with van der Waals surface area (Å²) in [6.45, 7) is 0. The van der Waals surface area contributed by atoms with Crippen LogP contribution in [-0.2, 0) is 12.8 Å². The smallest absolute Gasteiger partial charge is 0.335 e. The van der Waals surface area contributed by atoms with Gasteiger partial charge in [0.05, 0.1) is 16.1 Å². The van der Waals surface area contributed by atoms with E-state index >= 15 is 0 Å². The molecule has 4 nitrogen and oxygen atoms in total. The van der Waals surface area contributed by atoms with E-state index in [4.69, 9.17) is 22.0 Å². The van der Waals surface area contributed by atoms with Crippen LogP contribution in [0.4, 0.5) is 5.69 Å². The Morgan fingerprint density at radius 3 is 2.78 bits per heavy atom. The maximum Gasteiger partial charge on any atom is 0.335 e. The summed E-state index contributed by atoms with van der Waals surface area (Å²) in [6, 6.07) is 12.9. The van der Waals surface area contributed by atoms with Crippen LogP contribution in [0.2, 0.25) is 5.02 Å². The lowest BCUT2D eigenvalue weighted by Crippen LogP contribution is -2.27. The summed E-state index contributed by atoms with van der Waals surface area (Å²) in [5, 5.41) is 21.9. The molecule has 2 N–H and O–H groups in total. The van der Waals surface area contributed by atoms with Gasteiger partial charge >= 0.3 is 5.97 Å². The Balaban J connectivity index is 1.77. The van der Waals surface area contributed by atoms with Gasteiger partial charge in [-0.2, -0.15) is 5.26 Å². The summed E-state index contributed by atoms with van der Waals surface area (Å²) >= 11 is 6.06. The molecule has 2 aromatic rings. The normalized spacial score (nSPS) is 16.3. The molecule has 3 rings (SSSR count). The van der Waals surface area contributed by atoms with Gasteiger partial charge in [0.2, 0.25) is 0 Å². The van der Waals surface area contributed by atoms with E-state index in [9.17, 15) is 4.79 Å². The van der Waals surface area contributed by atoms with Crippen LogP contribution in [0, 0.1) is 11.3 Å². The van der Waals surface area contributed by atoms with Crippen molar-refractivity contribution in [3.63, 3.8) is 0 Å². The fourth-order valence-corrected chi connectivity index (χ4v) is 3.17. The molecule has 1 atom stereocenters. The number of carboxylic acids is 1. The van der Waals surface area contributed by atoms with Gasteiger partial charge in [0.1, 0.15) is 6.07 Å². The number of anilines is 1. The maximum atomic E-state index is 11.1. The van der Waals surface area contributed by atoms with Crippen LogP contribution in [0.5, 0.6) is 0 Å². The first-order valence-corrected chi connectivity index (χ1v) is 7.76. The van der Waals surface area contributed by atoms with E-state index in [1.807, 2.05) is 18.2 Å². The Morgan fingerprint density at radius 1 is 1.26 bits per heavy atom. The fourth-order valence-electron chi connectivity index (χ4n) is 2.94. The van der Waals surface area contributed by atoms with Crippen molar-refractivity contribution in [2.24, 2.45) is 0 Å². The summed E-state index contributed by atoms with van der Waals surface area (Å²) in [7, 11) is 0. The van der Waals surface area contributed by atoms with Gasteiger partial charge in [-0.15, -0.1) is 0 Å². The van der Waals surface area contributed by atoms with Crippen molar-refractivity contribution in [2.45, 2.75) is 25.3 Å². The van der Waals surface area contributed by atoms with E-state index in [-0.39, 0.29) is 6.04 Å². The zero-order chi connectivity index (χ0) is 16.4. The standard InChI is InChI=1S/C18H15ClN2O2/c19-17-9-16(6-4-13(17)10-20)21-15-5-3-11-1-2-12(18(22)23)7-14(11)8-15/h1-2,4,6-7,9,15,21H,3,5,8H2,(H,22,23). The monoisotopic (exact) mass is 326 g/mol. The molecule has 0 spiro atoms. The van der Waals surface area contributed by atoms with Gasteiger partial charge in [-0.25, -0.2) is 4.79 Å². The molecule has 0 saturated carbocycles. The molecule has 0 saturated heterocycles. The molecule has 1 unspecified atom stereocenters. The quantitative estimate of drug-likeness (QED) is 0.897. The Hall–Kier alpha value is -2.51. The van der Waals surface area contributed by atoms with Crippen LogP contribution in [0.25, 0.3) is 0 Å². The SMILES string of the molecule is N#Cc1ccc(NC2CCc3ccc(C(=O)O)cc3C2)cc1Cl. The number of hydrogen-bond donors (Lipinski definition) is 2. The van der Waals surface area contributed by atoms with Gasteiger partial charge in [-0.05, 0) is 60.7 Å². The molecule has 23 heavy (non-hydrogen) atoms. The Kier molecular flexibility index (Phi) is 4.22. The number of aromatic carboxylic acids is 1. The van der Waals surface area contributed by atoms with Gasteiger partial charge in [0.25, 0.3) is 0 Å². The summed E-state index contributed by atoms with van der Waals surface area (Å²) in [5.41, 5.74) is 3.94. The Labute approximate surface area is 139 Å². The number of aryl methyl sites for hydroxylation is 1. The summed E-state index contributed by atoms with van der Waals surface area (Å²) in [4.78, 5) is 11.1. The minimum Gasteiger partial charge on any atom is -0.478 e. The molecule has 0 fully saturated rings. The predicted octanol–water partition coefficient (Wildman–Crippen LogP) is 3.88. The first kappa shape index (κ1) is 15.4. The maximum absolute atomic E-state index is 11.1. The highest BCUT2D eigenvalue weighted by molar-refractivity contribution is 6.32. The van der Waals surface area contributed by atoms with E-state index < -0.39 is 5.97 Å². The second-order valence-electron chi connectivity index (χ2n) is 5.68. The van der Waals surface area contributed by atoms with E-state index in [1.165, 1.54) is 5.56 Å². The van der Waals surface area contributed by atoms with Crippen molar-refractivity contribution in [1.29, 1.82) is 5.26 Å². The largest absolute Gasteiger partial charge is 0.478 e. The third kappa shape index (κ3) is 3.30. The molecule has 0 bridgehead atoms. The van der Waals surface area contributed by atoms with Crippen molar-refractivity contribution in [3.8, 4) is 6.07 Å². The molecular weight excluding hydrogens is 312 g/mol. The van der Waals surface area contributed by atoms with Crippen molar-refractivity contribution in [3.05, 3.63) is 63.7 Å². The topological polar surface area (TPSA) is 73.1 Å². The molecule has 0 amide bonds. The number of hydrogen-bond acceptors (Lipinski definition) is 3. The number of nitrogens with zero attached hydrogens (tertiary/aromatic N) is 1. The van der Waals surface area contributed by atoms with E-state index in [0.29, 0.717) is 16.1 Å². The van der Waals surface area contributed by atoms with Gasteiger partial charge < -0.3 is 10.4 Å². The average Bonchev–Trinajstić information content (AvgIpc) is 2.54. The van der Waals surface area contributed by atoms with Gasteiger partial charge in [0.15, 0.2) is 0 Å². The van der Waals surface area contributed by atoms with Crippen LogP contribution in [0.1, 0.15) is 33.5 Å². The van der Waals surface area contributed by atoms with Crippen LogP contribution in [0.3, 0.4) is 0 Å². The van der Waals surface area contributed by atoms with E-state index in [0.717, 1.165) is 30.5 Å². The van der Waals surface area contributed by atoms with Crippen LogP contribution < -0.4 is 5.32 Å². The second-order valence-corrected chi connectivity index (χ2v) is 6.09. The second kappa shape index (κ2) is 6.31. The van der Waals surface area contributed by atoms with Crippen molar-refractivity contribution in [1.82, 2.24) is 0 Å². The Bertz CT molecular complexity index is 811. The van der Waals surface area contributed by atoms with Crippen LogP contribution >= 0.6 is 11.6 Å². The van der Waals surface area contributed by atoms with Crippen LogP contribution in [0.15, 0.2) is 36.4 Å². The van der Waals surface area contributed by atoms with Crippen molar-refractivity contribution < 1.29 is 9.90 Å². The molecule has 2 aromatic carbocycles. The molecule has 0 aromatic heterocycles. The van der Waals surface area contributed by atoms with E-state index in [2.05, 4.69) is 5.32 Å². The third-order valence-electron chi connectivity index (χ3n) is 4.14. The lowest BCUT2D eigenvalue weighted by Gasteiger charge is -2.26. The number of carboxylic acid groups (broad SMARTS) is 1. The first-order valence-electron chi connectivity index (χ1n) is 7.38. The number of nitrogens with one attached hydrogen (secondary N) is 1. The summed E-state index contributed by atoms with van der Waals surface area (Å²) < 4.78 is 0. The van der Waals surface area contributed by atoms with Crippen LogP contribution in [-0.4, -0.2) is 17.1 Å². The number of nitriles is 1. The van der Waals surface area contributed by atoms with Crippen molar-refractivity contribution in [2.75, 3.05) is 5.32 Å². The summed E-state index contributed by atoms with van der Waals surface area (Å²) in [5.74, 6) is -0.901. The zero-order valence-corrected chi connectivity index (χ0v) is 13.1. The molecule has 116 valence electrons. The zero-order valence-electron chi connectivity index (χ0n) is 12.3. The van der Waals surface area contributed by atoms with Gasteiger partial charge in [-0.3, -0.25) is 0 Å². The molecule has 0 radical (unpaired) electrons. The fraction of sp³-hybridized carbons (Fsp3) is 0.222. The molecular formula is C18H15ClN2O2. The number of benzene rings is 2. The molecule has 1 aliphatic rings. The molecule has 0 aliphatic heterocycles.